The summed E-state index contributed by atoms with van der Waals surface area (Å²) in [6.07, 6.45) is 7.31. The van der Waals surface area contributed by atoms with E-state index in [0.29, 0.717) is 37.9 Å². The van der Waals surface area contributed by atoms with E-state index in [1.165, 1.54) is 0 Å². The Morgan fingerprint density at radius 1 is 1.24 bits per heavy atom. The standard InChI is InChI=1S/C30H41N5O3/c1-22(27-11-12-29(36-6)28(19-27)13-14-31)9-7-8-10-23(2)32-30(34-15-18-38-25(4)20-34)33-26(5)35-16-17-37-21-24(35)3/h8-12,19,24-25H,2,7,13,15-18,20-21H2,1,3-6H3/b10-8-,22-9+,32-30+,33-26+/t24-,25+/m0/s1. The molecule has 0 spiro atoms. The van der Waals surface area contributed by atoms with E-state index in [2.05, 4.69) is 55.4 Å². The van der Waals surface area contributed by atoms with Crippen molar-refractivity contribution in [3.8, 4) is 11.8 Å². The van der Waals surface area contributed by atoms with Gasteiger partial charge in [-0.3, -0.25) is 0 Å². The highest BCUT2D eigenvalue weighted by molar-refractivity contribution is 5.95. The molecule has 0 aliphatic carbocycles. The summed E-state index contributed by atoms with van der Waals surface area (Å²) in [5.41, 5.74) is 3.75. The second-order valence-corrected chi connectivity index (χ2v) is 9.69. The van der Waals surface area contributed by atoms with E-state index in [0.717, 1.165) is 54.3 Å². The normalized spacial score (nSPS) is 21.5. The number of methoxy groups -OCH3 is 1. The van der Waals surface area contributed by atoms with Crippen LogP contribution in [0.3, 0.4) is 0 Å². The van der Waals surface area contributed by atoms with Crippen LogP contribution in [0.15, 0.2) is 58.7 Å². The minimum atomic E-state index is 0.121. The van der Waals surface area contributed by atoms with Gasteiger partial charge in [-0.2, -0.15) is 5.26 Å². The monoisotopic (exact) mass is 519 g/mol. The van der Waals surface area contributed by atoms with Crippen LogP contribution in [0.2, 0.25) is 0 Å². The predicted molar refractivity (Wildman–Crippen MR) is 153 cm³/mol. The number of benzene rings is 1. The Labute approximate surface area is 227 Å². The summed E-state index contributed by atoms with van der Waals surface area (Å²) >= 11 is 0. The predicted octanol–water partition coefficient (Wildman–Crippen LogP) is 4.84. The third-order valence-corrected chi connectivity index (χ3v) is 6.69. The van der Waals surface area contributed by atoms with E-state index >= 15 is 0 Å². The first-order chi connectivity index (χ1) is 18.3. The van der Waals surface area contributed by atoms with Gasteiger partial charge >= 0.3 is 0 Å². The Bertz CT molecular complexity index is 1130. The molecule has 8 nitrogen and oxygen atoms in total. The topological polar surface area (TPSA) is 82.7 Å². The molecular formula is C30H41N5O3. The molecule has 1 aromatic carbocycles. The maximum atomic E-state index is 9.11. The Balaban J connectivity index is 1.72. The van der Waals surface area contributed by atoms with Crippen LogP contribution in [0, 0.1) is 11.3 Å². The van der Waals surface area contributed by atoms with Crippen molar-refractivity contribution in [3.05, 3.63) is 59.8 Å². The average Bonchev–Trinajstić information content (AvgIpc) is 2.91. The lowest BCUT2D eigenvalue weighted by Gasteiger charge is -2.36. The largest absolute Gasteiger partial charge is 0.496 e. The number of ether oxygens (including phenoxy) is 3. The highest BCUT2D eigenvalue weighted by Gasteiger charge is 2.23. The highest BCUT2D eigenvalue weighted by atomic mass is 16.5. The van der Waals surface area contributed by atoms with Gasteiger partial charge in [0, 0.05) is 25.2 Å². The Hall–Kier alpha value is -3.41. The molecule has 2 fully saturated rings. The molecule has 0 aromatic heterocycles. The van der Waals surface area contributed by atoms with Crippen molar-refractivity contribution in [1.82, 2.24) is 9.80 Å². The van der Waals surface area contributed by atoms with E-state index in [1.54, 1.807) is 7.11 Å². The molecule has 2 saturated heterocycles. The van der Waals surface area contributed by atoms with E-state index < -0.39 is 0 Å². The number of morpholine rings is 2. The number of allylic oxidation sites excluding steroid dienone is 4. The van der Waals surface area contributed by atoms with E-state index in [1.807, 2.05) is 31.2 Å². The van der Waals surface area contributed by atoms with Crippen molar-refractivity contribution in [1.29, 1.82) is 5.26 Å². The molecule has 2 aliphatic heterocycles. The quantitative estimate of drug-likeness (QED) is 0.291. The zero-order chi connectivity index (χ0) is 27.5. The summed E-state index contributed by atoms with van der Waals surface area (Å²) in [7, 11) is 1.62. The molecule has 2 atom stereocenters. The fourth-order valence-corrected chi connectivity index (χ4v) is 4.56. The van der Waals surface area contributed by atoms with Gasteiger partial charge in [-0.25, -0.2) is 9.98 Å². The summed E-state index contributed by atoms with van der Waals surface area (Å²) in [5.74, 6) is 2.34. The second-order valence-electron chi connectivity index (χ2n) is 9.69. The molecule has 8 heteroatoms. The lowest BCUT2D eigenvalue weighted by Crippen LogP contribution is -2.48. The first kappa shape index (κ1) is 29.2. The number of hydrogen-bond donors (Lipinski definition) is 0. The summed E-state index contributed by atoms with van der Waals surface area (Å²) in [5, 5.41) is 9.11. The van der Waals surface area contributed by atoms with Crippen LogP contribution >= 0.6 is 0 Å². The number of aliphatic imine (C=N–C) groups is 2. The molecule has 0 saturated carbocycles. The van der Waals surface area contributed by atoms with Gasteiger partial charge in [0.25, 0.3) is 0 Å². The second kappa shape index (κ2) is 14.5. The zero-order valence-electron chi connectivity index (χ0n) is 23.4. The molecule has 0 N–H and O–H groups in total. The van der Waals surface area contributed by atoms with Gasteiger partial charge in [-0.1, -0.05) is 24.8 Å². The summed E-state index contributed by atoms with van der Waals surface area (Å²) in [6, 6.07) is 8.43. The van der Waals surface area contributed by atoms with Gasteiger partial charge in [-0.15, -0.1) is 0 Å². The van der Waals surface area contributed by atoms with Crippen molar-refractivity contribution in [2.75, 3.05) is 46.6 Å². The summed E-state index contributed by atoms with van der Waals surface area (Å²) < 4.78 is 16.7. The Kier molecular flexibility index (Phi) is 11.1. The van der Waals surface area contributed by atoms with Crippen molar-refractivity contribution >= 4 is 17.4 Å². The molecule has 1 aromatic rings. The molecule has 204 valence electrons. The summed E-state index contributed by atoms with van der Waals surface area (Å²) in [4.78, 5) is 14.2. The molecule has 38 heavy (non-hydrogen) atoms. The smallest absolute Gasteiger partial charge is 0.227 e. The van der Waals surface area contributed by atoms with E-state index in [9.17, 15) is 0 Å². The molecule has 0 radical (unpaired) electrons. The van der Waals surface area contributed by atoms with Gasteiger partial charge < -0.3 is 24.0 Å². The third kappa shape index (κ3) is 8.30. The number of nitrogens with zero attached hydrogens (tertiary/aromatic N) is 5. The summed E-state index contributed by atoms with van der Waals surface area (Å²) in [6.45, 7) is 16.9. The van der Waals surface area contributed by atoms with Crippen LogP contribution in [-0.4, -0.2) is 80.3 Å². The maximum absolute atomic E-state index is 9.11. The van der Waals surface area contributed by atoms with Crippen LogP contribution in [0.4, 0.5) is 0 Å². The Morgan fingerprint density at radius 3 is 2.76 bits per heavy atom. The first-order valence-electron chi connectivity index (χ1n) is 13.2. The molecule has 0 unspecified atom stereocenters. The van der Waals surface area contributed by atoms with Gasteiger partial charge in [0.2, 0.25) is 5.96 Å². The number of hydrogen-bond acceptors (Lipinski definition) is 5. The molecule has 0 amide bonds. The first-order valence-corrected chi connectivity index (χ1v) is 13.2. The SMILES string of the molecule is C=C(/C=C\C/C=C(\C)c1ccc(OC)c(CC#N)c1)/N=C(\N=C(/C)N1CCOC[C@@H]1C)N1CCO[C@H](C)C1. The third-order valence-electron chi connectivity index (χ3n) is 6.69. The van der Waals surface area contributed by atoms with Gasteiger partial charge in [0.1, 0.15) is 11.6 Å². The van der Waals surface area contributed by atoms with Crippen molar-refractivity contribution < 1.29 is 14.2 Å². The molecule has 2 heterocycles. The van der Waals surface area contributed by atoms with Gasteiger partial charge in [0.05, 0.1) is 57.3 Å². The molecule has 2 aliphatic rings. The van der Waals surface area contributed by atoms with Crippen LogP contribution in [0.1, 0.15) is 45.2 Å². The van der Waals surface area contributed by atoms with Crippen molar-refractivity contribution in [2.24, 2.45) is 9.98 Å². The molecule has 3 rings (SSSR count). The number of guanidine groups is 1. The number of rotatable bonds is 7. The minimum absolute atomic E-state index is 0.121. The van der Waals surface area contributed by atoms with Crippen LogP contribution in [-0.2, 0) is 15.9 Å². The number of amidine groups is 1. The van der Waals surface area contributed by atoms with Crippen molar-refractivity contribution in [2.45, 2.75) is 52.7 Å². The van der Waals surface area contributed by atoms with Gasteiger partial charge in [0.15, 0.2) is 0 Å². The number of nitriles is 1. The van der Waals surface area contributed by atoms with E-state index in [-0.39, 0.29) is 12.1 Å². The van der Waals surface area contributed by atoms with Crippen LogP contribution in [0.25, 0.3) is 5.57 Å². The van der Waals surface area contributed by atoms with Crippen LogP contribution < -0.4 is 4.74 Å². The zero-order valence-corrected chi connectivity index (χ0v) is 23.4. The fourth-order valence-electron chi connectivity index (χ4n) is 4.56. The van der Waals surface area contributed by atoms with Crippen LogP contribution in [0.5, 0.6) is 5.75 Å². The minimum Gasteiger partial charge on any atom is -0.496 e. The highest BCUT2D eigenvalue weighted by Crippen LogP contribution is 2.24. The fraction of sp³-hybridized carbons (Fsp3) is 0.500. The van der Waals surface area contributed by atoms with E-state index in [4.69, 9.17) is 29.5 Å². The lowest BCUT2D eigenvalue weighted by molar-refractivity contribution is 0.00530. The Morgan fingerprint density at radius 2 is 2.05 bits per heavy atom. The maximum Gasteiger partial charge on any atom is 0.227 e. The molecule has 0 bridgehead atoms. The average molecular weight is 520 g/mol. The lowest BCUT2D eigenvalue weighted by atomic mass is 10.0. The molecular weight excluding hydrogens is 478 g/mol. The van der Waals surface area contributed by atoms with Gasteiger partial charge in [-0.05, 0) is 63.5 Å². The van der Waals surface area contributed by atoms with Crippen molar-refractivity contribution in [3.63, 3.8) is 0 Å².